The monoisotopic (exact) mass is 410 g/mol. The Labute approximate surface area is 176 Å². The van der Waals surface area contributed by atoms with Crippen LogP contribution in [0.2, 0.25) is 0 Å². The zero-order valence-corrected chi connectivity index (χ0v) is 17.6. The average Bonchev–Trinajstić information content (AvgIpc) is 3.11. The third-order valence-corrected chi connectivity index (χ3v) is 4.54. The summed E-state index contributed by atoms with van der Waals surface area (Å²) >= 11 is 5.34. The molecule has 152 valence electrons. The lowest BCUT2D eigenvalue weighted by Crippen LogP contribution is -1.98. The predicted octanol–water partition coefficient (Wildman–Crippen LogP) is 5.46. The molecule has 0 saturated heterocycles. The fourth-order valence-electron chi connectivity index (χ4n) is 2.79. The molecule has 0 bridgehead atoms. The van der Waals surface area contributed by atoms with Crippen LogP contribution < -0.4 is 9.47 Å². The van der Waals surface area contributed by atoms with Crippen molar-refractivity contribution in [3.63, 3.8) is 0 Å². The van der Waals surface area contributed by atoms with Crippen LogP contribution in [0, 0.1) is 4.77 Å². The first kappa shape index (κ1) is 20.8. The van der Waals surface area contributed by atoms with Crippen LogP contribution in [0.3, 0.4) is 0 Å². The maximum Gasteiger partial charge on any atom is 0.216 e. The quantitative estimate of drug-likeness (QED) is 0.274. The van der Waals surface area contributed by atoms with Crippen molar-refractivity contribution >= 4 is 18.4 Å². The zero-order valence-electron chi connectivity index (χ0n) is 16.8. The Balaban J connectivity index is 1.74. The zero-order chi connectivity index (χ0) is 20.5. The smallest absolute Gasteiger partial charge is 0.216 e. The van der Waals surface area contributed by atoms with Gasteiger partial charge in [-0.3, -0.25) is 0 Å². The molecular weight excluding hydrogens is 384 g/mol. The Morgan fingerprint density at radius 1 is 1.07 bits per heavy atom. The Morgan fingerprint density at radius 3 is 2.66 bits per heavy atom. The minimum atomic E-state index is 0.425. The molecule has 0 aliphatic heterocycles. The number of benzene rings is 2. The maximum atomic E-state index is 5.75. The normalized spacial score (nSPS) is 11.1. The summed E-state index contributed by atoms with van der Waals surface area (Å²) in [5.41, 5.74) is 1.82. The molecule has 0 unspecified atom stereocenters. The van der Waals surface area contributed by atoms with Gasteiger partial charge in [-0.25, -0.2) is 5.10 Å². The third kappa shape index (κ3) is 5.77. The number of rotatable bonds is 10. The van der Waals surface area contributed by atoms with Crippen LogP contribution in [0.25, 0.3) is 11.4 Å². The van der Waals surface area contributed by atoms with E-state index in [-0.39, 0.29) is 0 Å². The van der Waals surface area contributed by atoms with E-state index >= 15 is 0 Å². The van der Waals surface area contributed by atoms with Gasteiger partial charge in [0.25, 0.3) is 0 Å². The predicted molar refractivity (Wildman–Crippen MR) is 118 cm³/mol. The van der Waals surface area contributed by atoms with E-state index in [0.717, 1.165) is 35.7 Å². The van der Waals surface area contributed by atoms with Crippen LogP contribution in [0.5, 0.6) is 11.5 Å². The molecule has 0 atom stereocenters. The van der Waals surface area contributed by atoms with Gasteiger partial charge in [-0.2, -0.15) is 14.9 Å². The highest BCUT2D eigenvalue weighted by Crippen LogP contribution is 2.22. The SMILES string of the molecule is CCCCCOc1ccc(/C=N/n2c(-c3cccc(OCC)c3)n[nH]c2=S)cc1. The Bertz CT molecular complexity index is 993. The van der Waals surface area contributed by atoms with Gasteiger partial charge in [-0.05, 0) is 67.5 Å². The summed E-state index contributed by atoms with van der Waals surface area (Å²) in [6, 6.07) is 15.5. The van der Waals surface area contributed by atoms with Crippen molar-refractivity contribution in [2.45, 2.75) is 33.1 Å². The highest BCUT2D eigenvalue weighted by Gasteiger charge is 2.09. The molecule has 29 heavy (non-hydrogen) atoms. The van der Waals surface area contributed by atoms with E-state index in [1.54, 1.807) is 10.9 Å². The standard InChI is InChI=1S/C22H26N4O2S/c1-3-5-6-14-28-19-12-10-17(11-13-19)16-23-26-21(24-25-22(26)29)18-8-7-9-20(15-18)27-4-2/h7-13,15-16H,3-6,14H2,1-2H3,(H,25,29)/b23-16+. The molecule has 2 aromatic carbocycles. The molecule has 7 heteroatoms. The fourth-order valence-corrected chi connectivity index (χ4v) is 2.97. The van der Waals surface area contributed by atoms with Gasteiger partial charge in [0.05, 0.1) is 19.4 Å². The molecule has 3 rings (SSSR count). The Kier molecular flexibility index (Phi) is 7.58. The van der Waals surface area contributed by atoms with Crippen LogP contribution >= 0.6 is 12.2 Å². The summed E-state index contributed by atoms with van der Waals surface area (Å²) in [5, 5.41) is 11.6. The molecule has 0 spiro atoms. The molecule has 0 fully saturated rings. The van der Waals surface area contributed by atoms with E-state index in [4.69, 9.17) is 21.7 Å². The van der Waals surface area contributed by atoms with Crippen molar-refractivity contribution in [1.82, 2.24) is 14.9 Å². The summed E-state index contributed by atoms with van der Waals surface area (Å²) in [6.07, 6.45) is 5.20. The number of hydrogen-bond donors (Lipinski definition) is 1. The number of hydrogen-bond acceptors (Lipinski definition) is 5. The second-order valence-corrected chi connectivity index (χ2v) is 6.88. The van der Waals surface area contributed by atoms with E-state index in [1.165, 1.54) is 12.8 Å². The van der Waals surface area contributed by atoms with Gasteiger partial charge < -0.3 is 9.47 Å². The summed E-state index contributed by atoms with van der Waals surface area (Å²) in [5.74, 6) is 2.28. The average molecular weight is 411 g/mol. The first-order valence-electron chi connectivity index (χ1n) is 9.89. The van der Waals surface area contributed by atoms with Crippen molar-refractivity contribution in [3.05, 3.63) is 58.9 Å². The van der Waals surface area contributed by atoms with Crippen molar-refractivity contribution in [2.75, 3.05) is 13.2 Å². The third-order valence-electron chi connectivity index (χ3n) is 4.27. The van der Waals surface area contributed by atoms with Gasteiger partial charge in [0.2, 0.25) is 4.77 Å². The van der Waals surface area contributed by atoms with Crippen LogP contribution in [0.1, 0.15) is 38.7 Å². The highest BCUT2D eigenvalue weighted by molar-refractivity contribution is 7.71. The second kappa shape index (κ2) is 10.6. The molecule has 1 aromatic heterocycles. The molecule has 3 aromatic rings. The van der Waals surface area contributed by atoms with Gasteiger partial charge in [0.1, 0.15) is 11.5 Å². The van der Waals surface area contributed by atoms with E-state index in [2.05, 4.69) is 22.2 Å². The summed E-state index contributed by atoms with van der Waals surface area (Å²) < 4.78 is 13.4. The number of H-pyrrole nitrogens is 1. The van der Waals surface area contributed by atoms with Crippen molar-refractivity contribution in [2.24, 2.45) is 5.10 Å². The minimum absolute atomic E-state index is 0.425. The Morgan fingerprint density at radius 2 is 1.90 bits per heavy atom. The van der Waals surface area contributed by atoms with Crippen molar-refractivity contribution < 1.29 is 9.47 Å². The number of aromatic amines is 1. The van der Waals surface area contributed by atoms with Gasteiger partial charge in [-0.1, -0.05) is 31.9 Å². The first-order valence-corrected chi connectivity index (χ1v) is 10.3. The molecule has 6 nitrogen and oxygen atoms in total. The minimum Gasteiger partial charge on any atom is -0.494 e. The maximum absolute atomic E-state index is 5.75. The van der Waals surface area contributed by atoms with Gasteiger partial charge >= 0.3 is 0 Å². The summed E-state index contributed by atoms with van der Waals surface area (Å²) in [7, 11) is 0. The molecular formula is C22H26N4O2S. The first-order chi connectivity index (χ1) is 14.2. The van der Waals surface area contributed by atoms with Crippen LogP contribution in [-0.4, -0.2) is 34.3 Å². The number of ether oxygens (including phenoxy) is 2. The molecule has 0 saturated carbocycles. The second-order valence-electron chi connectivity index (χ2n) is 6.49. The lowest BCUT2D eigenvalue weighted by Gasteiger charge is -2.06. The van der Waals surface area contributed by atoms with Gasteiger partial charge in [0, 0.05) is 5.56 Å². The molecule has 0 radical (unpaired) electrons. The van der Waals surface area contributed by atoms with Gasteiger partial charge in [-0.15, -0.1) is 0 Å². The lowest BCUT2D eigenvalue weighted by molar-refractivity contribution is 0.306. The molecule has 0 aliphatic carbocycles. The van der Waals surface area contributed by atoms with E-state index < -0.39 is 0 Å². The largest absolute Gasteiger partial charge is 0.494 e. The molecule has 1 N–H and O–H groups in total. The fraction of sp³-hybridized carbons (Fsp3) is 0.318. The number of nitrogens with one attached hydrogen (secondary N) is 1. The number of unbranched alkanes of at least 4 members (excludes halogenated alkanes) is 2. The van der Waals surface area contributed by atoms with E-state index in [1.807, 2.05) is 55.5 Å². The van der Waals surface area contributed by atoms with Crippen LogP contribution in [0.4, 0.5) is 0 Å². The molecule has 0 amide bonds. The molecule has 0 aliphatic rings. The van der Waals surface area contributed by atoms with E-state index in [9.17, 15) is 0 Å². The number of aromatic nitrogens is 3. The lowest BCUT2D eigenvalue weighted by atomic mass is 10.2. The summed E-state index contributed by atoms with van der Waals surface area (Å²) in [6.45, 7) is 5.48. The Hall–Kier alpha value is -2.93. The van der Waals surface area contributed by atoms with Crippen molar-refractivity contribution in [1.29, 1.82) is 0 Å². The van der Waals surface area contributed by atoms with Gasteiger partial charge in [0.15, 0.2) is 5.82 Å². The van der Waals surface area contributed by atoms with Crippen LogP contribution in [-0.2, 0) is 0 Å². The molecule has 1 heterocycles. The van der Waals surface area contributed by atoms with Crippen LogP contribution in [0.15, 0.2) is 53.6 Å². The topological polar surface area (TPSA) is 64.4 Å². The van der Waals surface area contributed by atoms with Crippen molar-refractivity contribution in [3.8, 4) is 22.9 Å². The summed E-state index contributed by atoms with van der Waals surface area (Å²) in [4.78, 5) is 0. The highest BCUT2D eigenvalue weighted by atomic mass is 32.1. The van der Waals surface area contributed by atoms with E-state index in [0.29, 0.717) is 17.2 Å². The number of nitrogens with zero attached hydrogens (tertiary/aromatic N) is 3.